The normalized spacial score (nSPS) is 22.1. The van der Waals surface area contributed by atoms with Gasteiger partial charge in [-0.15, -0.1) is 0 Å². The molecule has 1 atom stereocenters. The second-order valence-electron chi connectivity index (χ2n) is 3.60. The van der Waals surface area contributed by atoms with Gasteiger partial charge in [-0.2, -0.15) is 5.10 Å². The van der Waals surface area contributed by atoms with E-state index in [0.717, 1.165) is 17.1 Å². The minimum absolute atomic E-state index is 0.140. The Morgan fingerprint density at radius 2 is 2.29 bits per heavy atom. The fraction of sp³-hybridized carbons (Fsp3) is 0.556. The molecule has 1 aromatic rings. The van der Waals surface area contributed by atoms with Crippen molar-refractivity contribution in [2.75, 3.05) is 11.4 Å². The van der Waals surface area contributed by atoms with Gasteiger partial charge in [0.05, 0.1) is 0 Å². The van der Waals surface area contributed by atoms with Crippen LogP contribution in [0.25, 0.3) is 0 Å². The van der Waals surface area contributed by atoms with E-state index in [4.69, 9.17) is 0 Å². The van der Waals surface area contributed by atoms with E-state index >= 15 is 0 Å². The topological polar surface area (TPSA) is 49.0 Å². The third-order valence-corrected chi connectivity index (χ3v) is 3.17. The monoisotopic (exact) mass is 257 g/mol. The number of aromatic nitrogens is 2. The Labute approximate surface area is 90.8 Å². The summed E-state index contributed by atoms with van der Waals surface area (Å²) in [5.41, 5.74) is 2.07. The number of anilines is 1. The van der Waals surface area contributed by atoms with E-state index in [9.17, 15) is 4.79 Å². The standard InChI is InChI=1S/C9H12BrN3O/c1-5-6(2)11-12-9(5)13-4-7(10)3-8(13)14/h7H,3-4H2,1-2H3,(H,11,12). The quantitative estimate of drug-likeness (QED) is 0.776. The van der Waals surface area contributed by atoms with Crippen molar-refractivity contribution in [3.05, 3.63) is 11.3 Å². The number of nitrogens with zero attached hydrogens (tertiary/aromatic N) is 2. The first-order chi connectivity index (χ1) is 6.59. The van der Waals surface area contributed by atoms with Crippen LogP contribution in [-0.2, 0) is 4.79 Å². The molecule has 1 saturated heterocycles. The largest absolute Gasteiger partial charge is 0.294 e. The molecule has 1 amide bonds. The zero-order valence-corrected chi connectivity index (χ0v) is 9.76. The Bertz CT molecular complexity index is 374. The first-order valence-electron chi connectivity index (χ1n) is 4.55. The van der Waals surface area contributed by atoms with Crippen molar-refractivity contribution >= 4 is 27.7 Å². The van der Waals surface area contributed by atoms with Gasteiger partial charge in [0.25, 0.3) is 0 Å². The van der Waals surface area contributed by atoms with Crippen LogP contribution in [0.1, 0.15) is 17.7 Å². The number of H-pyrrole nitrogens is 1. The summed E-state index contributed by atoms with van der Waals surface area (Å²) in [4.78, 5) is 13.6. The average molecular weight is 258 g/mol. The van der Waals surface area contributed by atoms with Crippen molar-refractivity contribution < 1.29 is 4.79 Å². The number of alkyl halides is 1. The highest BCUT2D eigenvalue weighted by Gasteiger charge is 2.31. The van der Waals surface area contributed by atoms with Gasteiger partial charge in [0.15, 0.2) is 5.82 Å². The molecule has 1 aliphatic heterocycles. The van der Waals surface area contributed by atoms with Crippen LogP contribution in [0.4, 0.5) is 5.82 Å². The van der Waals surface area contributed by atoms with Crippen LogP contribution in [0, 0.1) is 13.8 Å². The van der Waals surface area contributed by atoms with E-state index < -0.39 is 0 Å². The minimum Gasteiger partial charge on any atom is -0.294 e. The number of amides is 1. The van der Waals surface area contributed by atoms with Crippen LogP contribution < -0.4 is 4.90 Å². The lowest BCUT2D eigenvalue weighted by Gasteiger charge is -2.13. The van der Waals surface area contributed by atoms with Gasteiger partial charge in [0.2, 0.25) is 5.91 Å². The molecule has 1 aromatic heterocycles. The maximum Gasteiger partial charge on any atom is 0.229 e. The summed E-state index contributed by atoms with van der Waals surface area (Å²) in [5, 5.41) is 7.03. The molecule has 1 aliphatic rings. The van der Waals surface area contributed by atoms with Crippen LogP contribution in [0.3, 0.4) is 0 Å². The van der Waals surface area contributed by atoms with Crippen LogP contribution >= 0.6 is 15.9 Å². The molecule has 2 rings (SSSR count). The Morgan fingerprint density at radius 3 is 2.71 bits per heavy atom. The smallest absolute Gasteiger partial charge is 0.229 e. The van der Waals surface area contributed by atoms with Crippen molar-refractivity contribution in [3.8, 4) is 0 Å². The zero-order chi connectivity index (χ0) is 10.3. The lowest BCUT2D eigenvalue weighted by molar-refractivity contribution is -0.117. The molecule has 0 saturated carbocycles. The molecule has 5 heteroatoms. The SMILES string of the molecule is Cc1[nH]nc(N2CC(Br)CC2=O)c1C. The molecule has 0 aromatic carbocycles. The lowest BCUT2D eigenvalue weighted by atomic mass is 10.2. The van der Waals surface area contributed by atoms with E-state index in [0.29, 0.717) is 13.0 Å². The number of hydrogen-bond acceptors (Lipinski definition) is 2. The number of hydrogen-bond donors (Lipinski definition) is 1. The molecule has 0 bridgehead atoms. The van der Waals surface area contributed by atoms with E-state index in [2.05, 4.69) is 26.1 Å². The highest BCUT2D eigenvalue weighted by molar-refractivity contribution is 9.09. The van der Waals surface area contributed by atoms with Gasteiger partial charge in [-0.3, -0.25) is 14.8 Å². The summed E-state index contributed by atoms with van der Waals surface area (Å²) in [6.07, 6.45) is 0.561. The average Bonchev–Trinajstić information content (AvgIpc) is 2.59. The fourth-order valence-corrected chi connectivity index (χ4v) is 2.17. The molecular formula is C9H12BrN3O. The van der Waals surface area contributed by atoms with Crippen LogP contribution in [0.5, 0.6) is 0 Å². The van der Waals surface area contributed by atoms with Gasteiger partial charge in [0, 0.05) is 29.1 Å². The molecule has 76 valence electrons. The minimum atomic E-state index is 0.140. The van der Waals surface area contributed by atoms with Crippen molar-refractivity contribution in [3.63, 3.8) is 0 Å². The Balaban J connectivity index is 2.32. The summed E-state index contributed by atoms with van der Waals surface area (Å²) in [6.45, 7) is 4.64. The second kappa shape index (κ2) is 3.38. The number of nitrogens with one attached hydrogen (secondary N) is 1. The lowest BCUT2D eigenvalue weighted by Crippen LogP contribution is -2.25. The van der Waals surface area contributed by atoms with Gasteiger partial charge in [-0.25, -0.2) is 0 Å². The number of aryl methyl sites for hydroxylation is 1. The molecule has 1 fully saturated rings. The first kappa shape index (κ1) is 9.71. The predicted molar refractivity (Wildman–Crippen MR) is 57.7 cm³/mol. The van der Waals surface area contributed by atoms with Crippen molar-refractivity contribution in [1.29, 1.82) is 0 Å². The highest BCUT2D eigenvalue weighted by Crippen LogP contribution is 2.26. The summed E-state index contributed by atoms with van der Waals surface area (Å²) >= 11 is 3.45. The Morgan fingerprint density at radius 1 is 1.57 bits per heavy atom. The molecule has 2 heterocycles. The molecule has 14 heavy (non-hydrogen) atoms. The second-order valence-corrected chi connectivity index (χ2v) is 4.90. The third kappa shape index (κ3) is 1.45. The Kier molecular flexibility index (Phi) is 2.34. The number of aromatic amines is 1. The summed E-state index contributed by atoms with van der Waals surface area (Å²) in [5.74, 6) is 0.913. The molecule has 4 nitrogen and oxygen atoms in total. The van der Waals surface area contributed by atoms with Crippen molar-refractivity contribution in [1.82, 2.24) is 10.2 Å². The van der Waals surface area contributed by atoms with Gasteiger partial charge in [0.1, 0.15) is 0 Å². The van der Waals surface area contributed by atoms with E-state index in [-0.39, 0.29) is 10.7 Å². The number of carbonyl (C=O) groups is 1. The van der Waals surface area contributed by atoms with Gasteiger partial charge in [-0.05, 0) is 13.8 Å². The third-order valence-electron chi connectivity index (χ3n) is 2.56. The van der Waals surface area contributed by atoms with Crippen LogP contribution in [0.15, 0.2) is 0 Å². The molecular weight excluding hydrogens is 246 g/mol. The van der Waals surface area contributed by atoms with Gasteiger partial charge >= 0.3 is 0 Å². The van der Waals surface area contributed by atoms with Crippen molar-refractivity contribution in [2.24, 2.45) is 0 Å². The fourth-order valence-electron chi connectivity index (χ4n) is 1.60. The predicted octanol–water partition coefficient (Wildman–Crippen LogP) is 1.53. The number of halogens is 1. The molecule has 0 spiro atoms. The Hall–Kier alpha value is -0.840. The number of carbonyl (C=O) groups excluding carboxylic acids is 1. The van der Waals surface area contributed by atoms with E-state index in [1.54, 1.807) is 4.90 Å². The van der Waals surface area contributed by atoms with E-state index in [1.807, 2.05) is 13.8 Å². The molecule has 0 aliphatic carbocycles. The van der Waals surface area contributed by atoms with Crippen LogP contribution in [-0.4, -0.2) is 27.5 Å². The summed E-state index contributed by atoms with van der Waals surface area (Å²) in [7, 11) is 0. The molecule has 1 N–H and O–H groups in total. The maximum absolute atomic E-state index is 11.6. The van der Waals surface area contributed by atoms with E-state index in [1.165, 1.54) is 0 Å². The highest BCUT2D eigenvalue weighted by atomic mass is 79.9. The summed E-state index contributed by atoms with van der Waals surface area (Å²) < 4.78 is 0. The van der Waals surface area contributed by atoms with Gasteiger partial charge in [-0.1, -0.05) is 15.9 Å². The van der Waals surface area contributed by atoms with Crippen LogP contribution in [0.2, 0.25) is 0 Å². The molecule has 0 radical (unpaired) electrons. The molecule has 1 unspecified atom stereocenters. The summed E-state index contributed by atoms with van der Waals surface area (Å²) in [6, 6.07) is 0. The van der Waals surface area contributed by atoms with Gasteiger partial charge < -0.3 is 0 Å². The number of rotatable bonds is 1. The first-order valence-corrected chi connectivity index (χ1v) is 5.47. The van der Waals surface area contributed by atoms with Crippen molar-refractivity contribution in [2.45, 2.75) is 25.1 Å². The maximum atomic E-state index is 11.6. The zero-order valence-electron chi connectivity index (χ0n) is 8.17.